The summed E-state index contributed by atoms with van der Waals surface area (Å²) < 4.78 is 5.14. The van der Waals surface area contributed by atoms with Crippen molar-refractivity contribution in [1.29, 1.82) is 0 Å². The second-order valence-corrected chi connectivity index (χ2v) is 3.94. The highest BCUT2D eigenvalue weighted by Gasteiger charge is 2.24. The van der Waals surface area contributed by atoms with E-state index in [1.165, 1.54) is 14.2 Å². The van der Waals surface area contributed by atoms with Crippen molar-refractivity contribution in [3.8, 4) is 5.75 Å². The number of nitrogens with one attached hydrogen (secondary N) is 2. The number of aliphatic carboxylic acids is 1. The molecule has 1 aromatic carbocycles. The van der Waals surface area contributed by atoms with E-state index in [0.29, 0.717) is 11.4 Å². The van der Waals surface area contributed by atoms with E-state index >= 15 is 0 Å². The van der Waals surface area contributed by atoms with Crippen LogP contribution in [0.5, 0.6) is 5.75 Å². The molecule has 19 heavy (non-hydrogen) atoms. The van der Waals surface area contributed by atoms with Crippen LogP contribution in [0.2, 0.25) is 0 Å². The number of hydrogen-bond acceptors (Lipinski definition) is 4. The van der Waals surface area contributed by atoms with Crippen LogP contribution in [0.3, 0.4) is 0 Å². The lowest BCUT2D eigenvalue weighted by atomic mass is 10.1. The Kier molecular flexibility index (Phi) is 5.32. The first-order valence-electron chi connectivity index (χ1n) is 5.91. The van der Waals surface area contributed by atoms with Gasteiger partial charge in [-0.1, -0.05) is 13.0 Å². The number of carbonyl (C=O) groups excluding carboxylic acids is 1. The zero-order valence-corrected chi connectivity index (χ0v) is 11.2. The van der Waals surface area contributed by atoms with Crippen LogP contribution in [-0.2, 0) is 16.0 Å². The normalized spacial score (nSPS) is 11.7. The topological polar surface area (TPSA) is 87.7 Å². The number of ether oxygens (including phenoxy) is 1. The first kappa shape index (κ1) is 15.0. The molecule has 0 aliphatic carbocycles. The zero-order valence-electron chi connectivity index (χ0n) is 11.2. The molecule has 1 unspecified atom stereocenters. The summed E-state index contributed by atoms with van der Waals surface area (Å²) in [4.78, 5) is 22.7. The van der Waals surface area contributed by atoms with Crippen LogP contribution in [0.25, 0.3) is 0 Å². The molecule has 1 amide bonds. The third-order valence-electron chi connectivity index (χ3n) is 2.73. The molecule has 0 aromatic heterocycles. The molecular weight excluding hydrogens is 248 g/mol. The highest BCUT2D eigenvalue weighted by Crippen LogP contribution is 2.25. The Labute approximate surface area is 111 Å². The molecule has 1 aromatic rings. The number of aryl methyl sites for hydroxylation is 1. The molecule has 3 N–H and O–H groups in total. The number of carboxylic acid groups (broad SMARTS) is 1. The number of benzene rings is 1. The third kappa shape index (κ3) is 3.69. The maximum Gasteiger partial charge on any atom is 0.330 e. The Bertz CT molecular complexity index is 474. The monoisotopic (exact) mass is 266 g/mol. The highest BCUT2D eigenvalue weighted by molar-refractivity contribution is 6.08. The fraction of sp³-hybridized carbons (Fsp3) is 0.385. The van der Waals surface area contributed by atoms with Gasteiger partial charge in [0.1, 0.15) is 5.75 Å². The quantitative estimate of drug-likeness (QED) is 0.665. The Balaban J connectivity index is 2.97. The molecule has 0 bridgehead atoms. The Morgan fingerprint density at radius 2 is 2.11 bits per heavy atom. The summed E-state index contributed by atoms with van der Waals surface area (Å²) in [6.07, 6.45) is 0.807. The molecule has 0 saturated carbocycles. The van der Waals surface area contributed by atoms with Crippen molar-refractivity contribution in [2.24, 2.45) is 0 Å². The standard InChI is InChI=1S/C13H18N2O4/c1-4-8-5-6-10(19-3)9(7-8)15-12(16)11(14-2)13(17)18/h5-7,11,14H,4H2,1-3H3,(H,15,16)(H,17,18). The average Bonchev–Trinajstić information content (AvgIpc) is 2.38. The van der Waals surface area contributed by atoms with Crippen LogP contribution in [0.15, 0.2) is 18.2 Å². The van der Waals surface area contributed by atoms with Crippen LogP contribution in [0, 0.1) is 0 Å². The molecule has 0 radical (unpaired) electrons. The average molecular weight is 266 g/mol. The minimum atomic E-state index is -1.30. The predicted molar refractivity (Wildman–Crippen MR) is 71.5 cm³/mol. The molecule has 0 spiro atoms. The van der Waals surface area contributed by atoms with E-state index in [-0.39, 0.29) is 0 Å². The lowest BCUT2D eigenvalue weighted by Gasteiger charge is -2.15. The predicted octanol–water partition coefficient (Wildman–Crippen LogP) is 0.869. The lowest BCUT2D eigenvalue weighted by molar-refractivity contribution is -0.142. The Morgan fingerprint density at radius 3 is 2.58 bits per heavy atom. The summed E-state index contributed by atoms with van der Waals surface area (Å²) >= 11 is 0. The maximum atomic E-state index is 11.8. The number of methoxy groups -OCH3 is 1. The summed E-state index contributed by atoms with van der Waals surface area (Å²) in [5.41, 5.74) is 1.49. The van der Waals surface area contributed by atoms with E-state index in [2.05, 4.69) is 10.6 Å². The zero-order chi connectivity index (χ0) is 14.4. The van der Waals surface area contributed by atoms with Gasteiger partial charge in [0.05, 0.1) is 12.8 Å². The molecular formula is C13H18N2O4. The molecule has 0 aliphatic heterocycles. The first-order chi connectivity index (χ1) is 9.03. The van der Waals surface area contributed by atoms with E-state index in [0.717, 1.165) is 12.0 Å². The van der Waals surface area contributed by atoms with Crippen molar-refractivity contribution in [2.45, 2.75) is 19.4 Å². The summed E-state index contributed by atoms with van der Waals surface area (Å²) in [5, 5.41) is 13.9. The molecule has 0 heterocycles. The number of hydrogen-bond donors (Lipinski definition) is 3. The number of anilines is 1. The van der Waals surface area contributed by atoms with Gasteiger partial charge in [0.15, 0.2) is 6.04 Å². The van der Waals surface area contributed by atoms with Gasteiger partial charge in [-0.15, -0.1) is 0 Å². The molecule has 0 saturated heterocycles. The van der Waals surface area contributed by atoms with Crippen LogP contribution in [-0.4, -0.2) is 37.2 Å². The molecule has 104 valence electrons. The van der Waals surface area contributed by atoms with Gasteiger partial charge in [-0.2, -0.15) is 0 Å². The van der Waals surface area contributed by atoms with Gasteiger partial charge in [0, 0.05) is 0 Å². The largest absolute Gasteiger partial charge is 0.495 e. The fourth-order valence-electron chi connectivity index (χ4n) is 1.64. The number of carboxylic acids is 1. The van der Waals surface area contributed by atoms with Crippen LogP contribution in [0.4, 0.5) is 5.69 Å². The van der Waals surface area contributed by atoms with Crippen molar-refractivity contribution in [1.82, 2.24) is 5.32 Å². The second-order valence-electron chi connectivity index (χ2n) is 3.94. The van der Waals surface area contributed by atoms with E-state index in [1.807, 2.05) is 13.0 Å². The SMILES string of the molecule is CCc1ccc(OC)c(NC(=O)C(NC)C(=O)O)c1. The van der Waals surface area contributed by atoms with Gasteiger partial charge < -0.3 is 15.2 Å². The summed E-state index contributed by atoms with van der Waals surface area (Å²) in [7, 11) is 2.90. The van der Waals surface area contributed by atoms with E-state index < -0.39 is 17.9 Å². The van der Waals surface area contributed by atoms with Crippen molar-refractivity contribution in [3.05, 3.63) is 23.8 Å². The molecule has 6 nitrogen and oxygen atoms in total. The molecule has 1 rings (SSSR count). The minimum absolute atomic E-state index is 0.466. The third-order valence-corrected chi connectivity index (χ3v) is 2.73. The fourth-order valence-corrected chi connectivity index (χ4v) is 1.64. The molecule has 1 atom stereocenters. The van der Waals surface area contributed by atoms with E-state index in [9.17, 15) is 9.59 Å². The lowest BCUT2D eigenvalue weighted by Crippen LogP contribution is -2.44. The van der Waals surface area contributed by atoms with Crippen LogP contribution < -0.4 is 15.4 Å². The smallest absolute Gasteiger partial charge is 0.330 e. The highest BCUT2D eigenvalue weighted by atomic mass is 16.5. The van der Waals surface area contributed by atoms with Gasteiger partial charge >= 0.3 is 5.97 Å². The van der Waals surface area contributed by atoms with Crippen molar-refractivity contribution >= 4 is 17.6 Å². The van der Waals surface area contributed by atoms with Crippen molar-refractivity contribution in [3.63, 3.8) is 0 Å². The molecule has 0 fully saturated rings. The Morgan fingerprint density at radius 1 is 1.42 bits per heavy atom. The minimum Gasteiger partial charge on any atom is -0.495 e. The Hall–Kier alpha value is -2.08. The van der Waals surface area contributed by atoms with Crippen LogP contribution >= 0.6 is 0 Å². The van der Waals surface area contributed by atoms with Gasteiger partial charge in [-0.25, -0.2) is 4.79 Å². The number of rotatable bonds is 6. The van der Waals surface area contributed by atoms with E-state index in [4.69, 9.17) is 9.84 Å². The number of amides is 1. The second kappa shape index (κ2) is 6.75. The first-order valence-corrected chi connectivity index (χ1v) is 5.91. The van der Waals surface area contributed by atoms with E-state index in [1.54, 1.807) is 12.1 Å². The van der Waals surface area contributed by atoms with Gasteiger partial charge in [0.2, 0.25) is 0 Å². The van der Waals surface area contributed by atoms with Crippen molar-refractivity contribution < 1.29 is 19.4 Å². The van der Waals surface area contributed by atoms with Gasteiger partial charge in [-0.05, 0) is 31.2 Å². The van der Waals surface area contributed by atoms with Gasteiger partial charge in [0.25, 0.3) is 5.91 Å². The summed E-state index contributed by atoms with van der Waals surface area (Å²) in [5.74, 6) is -1.38. The maximum absolute atomic E-state index is 11.8. The van der Waals surface area contributed by atoms with Crippen molar-refractivity contribution in [2.75, 3.05) is 19.5 Å². The number of carbonyl (C=O) groups is 2. The summed E-state index contributed by atoms with van der Waals surface area (Å²) in [6, 6.07) is 4.10. The molecule has 0 aliphatic rings. The number of likely N-dealkylation sites (N-methyl/N-ethyl adjacent to an activating group) is 1. The van der Waals surface area contributed by atoms with Crippen LogP contribution in [0.1, 0.15) is 12.5 Å². The summed E-state index contributed by atoms with van der Waals surface area (Å²) in [6.45, 7) is 1.99. The van der Waals surface area contributed by atoms with Gasteiger partial charge in [-0.3, -0.25) is 10.1 Å². The molecule has 6 heteroatoms.